The molecule has 0 saturated carbocycles. The first-order valence-corrected chi connectivity index (χ1v) is 5.00. The Hall–Kier alpha value is -1.77. The van der Waals surface area contributed by atoms with E-state index >= 15 is 0 Å². The van der Waals surface area contributed by atoms with Crippen molar-refractivity contribution in [3.63, 3.8) is 0 Å². The van der Waals surface area contributed by atoms with E-state index in [1.54, 1.807) is 6.07 Å². The van der Waals surface area contributed by atoms with Crippen molar-refractivity contribution >= 4 is 5.88 Å². The van der Waals surface area contributed by atoms with Crippen LogP contribution in [0.25, 0.3) is 0 Å². The normalized spacial score (nSPS) is 10.5. The zero-order chi connectivity index (χ0) is 10.7. The number of anilines is 1. The van der Waals surface area contributed by atoms with Crippen LogP contribution < -0.4 is 5.73 Å². The molecule has 0 aliphatic heterocycles. The van der Waals surface area contributed by atoms with Gasteiger partial charge in [-0.3, -0.25) is 0 Å². The summed E-state index contributed by atoms with van der Waals surface area (Å²) >= 11 is 0. The topological polar surface area (TPSA) is 52.0 Å². The van der Waals surface area contributed by atoms with Gasteiger partial charge in [0, 0.05) is 6.07 Å². The van der Waals surface area contributed by atoms with E-state index in [1.165, 1.54) is 11.1 Å². The fraction of sp³-hybridized carbons (Fsp3) is 0.250. The molecular formula is C12H14N2O. The summed E-state index contributed by atoms with van der Waals surface area (Å²) in [6.07, 6.45) is 1.83. The maximum Gasteiger partial charge on any atom is 0.222 e. The van der Waals surface area contributed by atoms with E-state index in [2.05, 4.69) is 36.3 Å². The first kappa shape index (κ1) is 9.77. The lowest BCUT2D eigenvalue weighted by atomic mass is 10.1. The minimum Gasteiger partial charge on any atom is -0.368 e. The van der Waals surface area contributed by atoms with E-state index in [1.807, 2.05) is 0 Å². The van der Waals surface area contributed by atoms with Crippen LogP contribution in [0.1, 0.15) is 16.8 Å². The molecule has 1 aromatic heterocycles. The lowest BCUT2D eigenvalue weighted by molar-refractivity contribution is 0.427. The van der Waals surface area contributed by atoms with Gasteiger partial charge >= 0.3 is 0 Å². The number of aryl methyl sites for hydroxylation is 3. The van der Waals surface area contributed by atoms with E-state index in [4.69, 9.17) is 10.3 Å². The summed E-state index contributed by atoms with van der Waals surface area (Å²) in [5, 5.41) is 3.85. The van der Waals surface area contributed by atoms with E-state index < -0.39 is 0 Å². The van der Waals surface area contributed by atoms with Gasteiger partial charge in [-0.05, 0) is 25.3 Å². The molecule has 0 saturated heterocycles. The highest BCUT2D eigenvalue weighted by atomic mass is 16.5. The van der Waals surface area contributed by atoms with Crippen molar-refractivity contribution in [1.29, 1.82) is 0 Å². The summed E-state index contributed by atoms with van der Waals surface area (Å²) < 4.78 is 4.80. The SMILES string of the molecule is Cc1cccc(CCc2cc(N)on2)c1. The van der Waals surface area contributed by atoms with Crippen LogP contribution in [-0.4, -0.2) is 5.16 Å². The lowest BCUT2D eigenvalue weighted by Gasteiger charge is -1.99. The number of nitrogen functional groups attached to an aromatic ring is 1. The molecule has 0 bridgehead atoms. The third kappa shape index (κ3) is 2.59. The highest BCUT2D eigenvalue weighted by Crippen LogP contribution is 2.10. The van der Waals surface area contributed by atoms with Gasteiger partial charge in [0.25, 0.3) is 0 Å². The third-order valence-corrected chi connectivity index (χ3v) is 2.33. The summed E-state index contributed by atoms with van der Waals surface area (Å²) in [4.78, 5) is 0. The number of aromatic nitrogens is 1. The molecule has 1 heterocycles. The van der Waals surface area contributed by atoms with Crippen LogP contribution in [0.2, 0.25) is 0 Å². The minimum atomic E-state index is 0.384. The Morgan fingerprint density at radius 1 is 1.27 bits per heavy atom. The lowest BCUT2D eigenvalue weighted by Crippen LogP contribution is -1.91. The molecule has 0 fully saturated rings. The summed E-state index contributed by atoms with van der Waals surface area (Å²) in [6, 6.07) is 10.2. The second-order valence-electron chi connectivity index (χ2n) is 3.71. The van der Waals surface area contributed by atoms with Gasteiger partial charge in [0.2, 0.25) is 5.88 Å². The molecule has 2 rings (SSSR count). The first-order valence-electron chi connectivity index (χ1n) is 5.00. The molecule has 3 heteroatoms. The third-order valence-electron chi connectivity index (χ3n) is 2.33. The predicted octanol–water partition coefficient (Wildman–Crippen LogP) is 2.35. The number of hydrogen-bond donors (Lipinski definition) is 1. The fourth-order valence-corrected chi connectivity index (χ4v) is 1.59. The molecule has 0 unspecified atom stereocenters. The van der Waals surface area contributed by atoms with Crippen LogP contribution in [0.3, 0.4) is 0 Å². The van der Waals surface area contributed by atoms with Crippen LogP contribution in [0.5, 0.6) is 0 Å². The molecule has 15 heavy (non-hydrogen) atoms. The molecule has 0 spiro atoms. The first-order chi connectivity index (χ1) is 7.24. The minimum absolute atomic E-state index is 0.384. The quantitative estimate of drug-likeness (QED) is 0.831. The number of nitrogens with zero attached hydrogens (tertiary/aromatic N) is 1. The molecule has 0 aliphatic carbocycles. The molecule has 78 valence electrons. The average molecular weight is 202 g/mol. The molecule has 0 atom stereocenters. The van der Waals surface area contributed by atoms with Crippen LogP contribution in [-0.2, 0) is 12.8 Å². The van der Waals surface area contributed by atoms with Crippen molar-refractivity contribution < 1.29 is 4.52 Å². The zero-order valence-corrected chi connectivity index (χ0v) is 8.73. The summed E-state index contributed by atoms with van der Waals surface area (Å²) in [5.41, 5.74) is 8.95. The molecule has 0 radical (unpaired) electrons. The maximum absolute atomic E-state index is 5.44. The van der Waals surface area contributed by atoms with Crippen molar-refractivity contribution in [1.82, 2.24) is 5.16 Å². The Labute approximate surface area is 88.9 Å². The largest absolute Gasteiger partial charge is 0.368 e. The van der Waals surface area contributed by atoms with Crippen LogP contribution in [0.4, 0.5) is 5.88 Å². The molecule has 2 N–H and O–H groups in total. The second-order valence-corrected chi connectivity index (χ2v) is 3.71. The maximum atomic E-state index is 5.44. The molecule has 0 amide bonds. The smallest absolute Gasteiger partial charge is 0.222 e. The Balaban J connectivity index is 1.99. The fourth-order valence-electron chi connectivity index (χ4n) is 1.59. The van der Waals surface area contributed by atoms with Gasteiger partial charge in [0.05, 0.1) is 5.69 Å². The summed E-state index contributed by atoms with van der Waals surface area (Å²) in [7, 11) is 0. The highest BCUT2D eigenvalue weighted by Gasteiger charge is 2.01. The van der Waals surface area contributed by atoms with E-state index in [-0.39, 0.29) is 0 Å². The van der Waals surface area contributed by atoms with E-state index in [9.17, 15) is 0 Å². The molecular weight excluding hydrogens is 188 g/mol. The molecule has 0 aliphatic rings. The van der Waals surface area contributed by atoms with Crippen molar-refractivity contribution in [2.24, 2.45) is 0 Å². The van der Waals surface area contributed by atoms with Gasteiger partial charge in [0.1, 0.15) is 0 Å². The zero-order valence-electron chi connectivity index (χ0n) is 8.73. The summed E-state index contributed by atoms with van der Waals surface area (Å²) in [6.45, 7) is 2.09. The highest BCUT2D eigenvalue weighted by molar-refractivity contribution is 5.26. The number of hydrogen-bond acceptors (Lipinski definition) is 3. The van der Waals surface area contributed by atoms with Gasteiger partial charge in [-0.25, -0.2) is 0 Å². The van der Waals surface area contributed by atoms with Crippen molar-refractivity contribution in [3.05, 3.63) is 47.2 Å². The van der Waals surface area contributed by atoms with Crippen molar-refractivity contribution in [3.8, 4) is 0 Å². The Kier molecular flexibility index (Phi) is 2.72. The molecule has 2 aromatic rings. The molecule has 3 nitrogen and oxygen atoms in total. The summed E-state index contributed by atoms with van der Waals surface area (Å²) in [5.74, 6) is 0.384. The van der Waals surface area contributed by atoms with Crippen molar-refractivity contribution in [2.75, 3.05) is 5.73 Å². The van der Waals surface area contributed by atoms with Gasteiger partial charge in [-0.1, -0.05) is 35.0 Å². The van der Waals surface area contributed by atoms with Gasteiger partial charge < -0.3 is 10.3 Å². The Morgan fingerprint density at radius 2 is 2.13 bits per heavy atom. The monoisotopic (exact) mass is 202 g/mol. The Bertz CT molecular complexity index is 448. The Morgan fingerprint density at radius 3 is 2.80 bits per heavy atom. The number of benzene rings is 1. The standard InChI is InChI=1S/C12H14N2O/c1-9-3-2-4-10(7-9)5-6-11-8-12(13)15-14-11/h2-4,7-8H,5-6,13H2,1H3. The number of rotatable bonds is 3. The average Bonchev–Trinajstić information content (AvgIpc) is 2.62. The second kappa shape index (κ2) is 4.17. The van der Waals surface area contributed by atoms with Crippen molar-refractivity contribution in [2.45, 2.75) is 19.8 Å². The number of nitrogens with two attached hydrogens (primary N) is 1. The van der Waals surface area contributed by atoms with E-state index in [0.29, 0.717) is 5.88 Å². The molecule has 1 aromatic carbocycles. The van der Waals surface area contributed by atoms with Gasteiger partial charge in [-0.15, -0.1) is 0 Å². The van der Waals surface area contributed by atoms with Gasteiger partial charge in [0.15, 0.2) is 0 Å². The van der Waals surface area contributed by atoms with Crippen LogP contribution in [0.15, 0.2) is 34.9 Å². The van der Waals surface area contributed by atoms with Crippen LogP contribution in [0, 0.1) is 6.92 Å². The van der Waals surface area contributed by atoms with Crippen LogP contribution >= 0.6 is 0 Å². The van der Waals surface area contributed by atoms with E-state index in [0.717, 1.165) is 18.5 Å². The predicted molar refractivity (Wildman–Crippen MR) is 59.5 cm³/mol. The van der Waals surface area contributed by atoms with Gasteiger partial charge in [-0.2, -0.15) is 0 Å².